The van der Waals surface area contributed by atoms with Crippen LogP contribution in [-0.2, 0) is 4.79 Å². The van der Waals surface area contributed by atoms with Crippen molar-refractivity contribution in [2.45, 2.75) is 12.8 Å². The molecule has 0 amide bonds. The second-order valence-electron chi connectivity index (χ2n) is 3.16. The lowest BCUT2D eigenvalue weighted by atomic mass is 10.2. The van der Waals surface area contributed by atoms with Crippen molar-refractivity contribution in [1.82, 2.24) is 0 Å². The van der Waals surface area contributed by atoms with Gasteiger partial charge in [0.1, 0.15) is 0 Å². The molecule has 0 radical (unpaired) electrons. The number of carboxylic acid groups (broad SMARTS) is 1. The predicted molar refractivity (Wildman–Crippen MR) is 55.9 cm³/mol. The fourth-order valence-electron chi connectivity index (χ4n) is 1.16. The lowest BCUT2D eigenvalue weighted by Gasteiger charge is -2.08. The van der Waals surface area contributed by atoms with Crippen LogP contribution in [0.15, 0.2) is 18.2 Å². The molecule has 2 N–H and O–H groups in total. The van der Waals surface area contributed by atoms with Crippen LogP contribution in [-0.4, -0.2) is 29.1 Å². The van der Waals surface area contributed by atoms with Crippen LogP contribution in [0.4, 0.5) is 0 Å². The molecule has 0 fully saturated rings. The highest BCUT2D eigenvalue weighted by Crippen LogP contribution is 2.28. The summed E-state index contributed by atoms with van der Waals surface area (Å²) in [6.45, 7) is 0.183. The smallest absolute Gasteiger partial charge is 0.303 e. The number of hydrogen-bond donors (Lipinski definition) is 2. The number of aromatic hydroxyl groups is 1. The van der Waals surface area contributed by atoms with E-state index in [1.54, 1.807) is 6.07 Å². The van der Waals surface area contributed by atoms with Crippen LogP contribution >= 0.6 is 0 Å². The van der Waals surface area contributed by atoms with Crippen molar-refractivity contribution in [3.05, 3.63) is 23.8 Å². The van der Waals surface area contributed by atoms with Gasteiger partial charge in [-0.2, -0.15) is 0 Å². The minimum Gasteiger partial charge on any atom is -0.504 e. The van der Waals surface area contributed by atoms with Gasteiger partial charge in [-0.1, -0.05) is 6.07 Å². The first-order valence-corrected chi connectivity index (χ1v) is 4.77. The summed E-state index contributed by atoms with van der Waals surface area (Å²) in [5, 5.41) is 17.9. The number of carbonyl (C=O) groups is 2. The van der Waals surface area contributed by atoms with E-state index in [0.29, 0.717) is 12.7 Å². The average Bonchev–Trinajstić information content (AvgIpc) is 2.26. The fourth-order valence-corrected chi connectivity index (χ4v) is 1.16. The maximum Gasteiger partial charge on any atom is 0.303 e. The van der Waals surface area contributed by atoms with Crippen molar-refractivity contribution in [2.75, 3.05) is 6.61 Å². The van der Waals surface area contributed by atoms with E-state index >= 15 is 0 Å². The molecule has 0 atom stereocenters. The number of benzene rings is 1. The zero-order valence-corrected chi connectivity index (χ0v) is 8.55. The summed E-state index contributed by atoms with van der Waals surface area (Å²) in [6.07, 6.45) is 0.883. The van der Waals surface area contributed by atoms with Crippen LogP contribution < -0.4 is 4.74 Å². The molecule has 86 valence electrons. The molecule has 16 heavy (non-hydrogen) atoms. The number of phenolic OH excluding ortho intramolecular Hbond substituents is 1. The van der Waals surface area contributed by atoms with Crippen molar-refractivity contribution < 1.29 is 24.5 Å². The maximum atomic E-state index is 10.5. The van der Waals surface area contributed by atoms with E-state index < -0.39 is 5.97 Å². The molecule has 5 nitrogen and oxygen atoms in total. The van der Waals surface area contributed by atoms with Crippen molar-refractivity contribution in [2.24, 2.45) is 0 Å². The van der Waals surface area contributed by atoms with E-state index in [4.69, 9.17) is 9.84 Å². The molecule has 0 aliphatic carbocycles. The van der Waals surface area contributed by atoms with Crippen molar-refractivity contribution in [3.63, 3.8) is 0 Å². The third-order valence-electron chi connectivity index (χ3n) is 1.95. The van der Waals surface area contributed by atoms with Gasteiger partial charge in [-0.25, -0.2) is 0 Å². The van der Waals surface area contributed by atoms with Gasteiger partial charge in [0.25, 0.3) is 0 Å². The molecule has 1 aromatic rings. The molecular formula is C11H12O5. The number of carbonyl (C=O) groups excluding carboxylic acids is 1. The van der Waals surface area contributed by atoms with Gasteiger partial charge in [-0.15, -0.1) is 0 Å². The summed E-state index contributed by atoms with van der Waals surface area (Å²) >= 11 is 0. The van der Waals surface area contributed by atoms with Crippen LogP contribution in [0.5, 0.6) is 11.5 Å². The van der Waals surface area contributed by atoms with E-state index in [2.05, 4.69) is 0 Å². The SMILES string of the molecule is O=Cc1cccc(OCCCC(=O)O)c1O. The van der Waals surface area contributed by atoms with E-state index in [9.17, 15) is 14.7 Å². The van der Waals surface area contributed by atoms with Crippen LogP contribution in [0.3, 0.4) is 0 Å². The Balaban J connectivity index is 2.54. The normalized spacial score (nSPS) is 9.75. The highest BCUT2D eigenvalue weighted by atomic mass is 16.5. The third-order valence-corrected chi connectivity index (χ3v) is 1.95. The number of aldehydes is 1. The molecule has 1 aromatic carbocycles. The van der Waals surface area contributed by atoms with E-state index in [0.717, 1.165) is 0 Å². The first kappa shape index (κ1) is 12.0. The Hall–Kier alpha value is -2.04. The Labute approximate surface area is 92.3 Å². The van der Waals surface area contributed by atoms with Crippen LogP contribution in [0.25, 0.3) is 0 Å². The fraction of sp³-hybridized carbons (Fsp3) is 0.273. The Morgan fingerprint density at radius 1 is 1.44 bits per heavy atom. The summed E-state index contributed by atoms with van der Waals surface area (Å²) in [4.78, 5) is 20.7. The Kier molecular flexibility index (Phi) is 4.32. The first-order valence-electron chi connectivity index (χ1n) is 4.77. The number of rotatable bonds is 6. The number of phenols is 1. The van der Waals surface area contributed by atoms with Crippen molar-refractivity contribution in [1.29, 1.82) is 0 Å². The highest BCUT2D eigenvalue weighted by Gasteiger charge is 2.07. The average molecular weight is 224 g/mol. The van der Waals surface area contributed by atoms with Crippen LogP contribution in [0, 0.1) is 0 Å². The van der Waals surface area contributed by atoms with Gasteiger partial charge in [-0.05, 0) is 18.6 Å². The van der Waals surface area contributed by atoms with E-state index in [-0.39, 0.29) is 30.1 Å². The standard InChI is InChI=1S/C11H12O5/c12-7-8-3-1-4-9(11(8)15)16-6-2-5-10(13)14/h1,3-4,7,15H,2,5-6H2,(H,13,14). The quantitative estimate of drug-likeness (QED) is 0.564. The van der Waals surface area contributed by atoms with Crippen LogP contribution in [0.2, 0.25) is 0 Å². The van der Waals surface area contributed by atoms with Gasteiger partial charge in [0.2, 0.25) is 0 Å². The Morgan fingerprint density at radius 3 is 2.81 bits per heavy atom. The summed E-state index contributed by atoms with van der Waals surface area (Å²) in [5.41, 5.74) is 0.149. The molecule has 0 saturated heterocycles. The Morgan fingerprint density at radius 2 is 2.19 bits per heavy atom. The summed E-state index contributed by atoms with van der Waals surface area (Å²) in [7, 11) is 0. The number of carboxylic acids is 1. The highest BCUT2D eigenvalue weighted by molar-refractivity contribution is 5.80. The number of para-hydroxylation sites is 1. The molecule has 0 saturated carbocycles. The maximum absolute atomic E-state index is 10.5. The largest absolute Gasteiger partial charge is 0.504 e. The van der Waals surface area contributed by atoms with Crippen LogP contribution in [0.1, 0.15) is 23.2 Å². The van der Waals surface area contributed by atoms with E-state index in [1.807, 2.05) is 0 Å². The van der Waals surface area contributed by atoms with E-state index in [1.165, 1.54) is 12.1 Å². The van der Waals surface area contributed by atoms with Gasteiger partial charge < -0.3 is 14.9 Å². The number of hydrogen-bond acceptors (Lipinski definition) is 4. The van der Waals surface area contributed by atoms with Crippen molar-refractivity contribution in [3.8, 4) is 11.5 Å². The number of aliphatic carboxylic acids is 1. The monoisotopic (exact) mass is 224 g/mol. The minimum absolute atomic E-state index is 0.00807. The number of ether oxygens (including phenoxy) is 1. The molecule has 0 aliphatic heterocycles. The minimum atomic E-state index is -0.894. The molecule has 0 spiro atoms. The molecule has 0 bridgehead atoms. The van der Waals surface area contributed by atoms with Crippen molar-refractivity contribution >= 4 is 12.3 Å². The lowest BCUT2D eigenvalue weighted by molar-refractivity contribution is -0.137. The molecule has 0 unspecified atom stereocenters. The summed E-state index contributed by atoms with van der Waals surface area (Å²) in [5.74, 6) is -0.919. The first-order chi connectivity index (χ1) is 7.65. The molecule has 0 aliphatic rings. The topological polar surface area (TPSA) is 83.8 Å². The van der Waals surface area contributed by atoms with Gasteiger partial charge in [0.05, 0.1) is 12.2 Å². The molecule has 5 heteroatoms. The predicted octanol–water partition coefficient (Wildman–Crippen LogP) is 1.45. The molecule has 0 aromatic heterocycles. The van der Waals surface area contributed by atoms with Gasteiger partial charge >= 0.3 is 5.97 Å². The van der Waals surface area contributed by atoms with Gasteiger partial charge in [-0.3, -0.25) is 9.59 Å². The van der Waals surface area contributed by atoms with Gasteiger partial charge in [0.15, 0.2) is 17.8 Å². The zero-order valence-electron chi connectivity index (χ0n) is 8.55. The molecule has 1 rings (SSSR count). The summed E-state index contributed by atoms with van der Waals surface area (Å²) < 4.78 is 5.16. The van der Waals surface area contributed by atoms with Gasteiger partial charge in [0, 0.05) is 6.42 Å². The zero-order chi connectivity index (χ0) is 12.0. The lowest BCUT2D eigenvalue weighted by Crippen LogP contribution is -2.02. The Bertz CT molecular complexity index is 386. The second kappa shape index (κ2) is 5.75. The summed E-state index contributed by atoms with van der Waals surface area (Å²) in [6, 6.07) is 4.56. The molecule has 0 heterocycles. The third kappa shape index (κ3) is 3.27. The second-order valence-corrected chi connectivity index (χ2v) is 3.16. The molecular weight excluding hydrogens is 212 g/mol.